The van der Waals surface area contributed by atoms with Crippen LogP contribution in [0.5, 0.6) is 0 Å². The van der Waals surface area contributed by atoms with Crippen molar-refractivity contribution in [3.8, 4) is 11.8 Å². The van der Waals surface area contributed by atoms with Crippen LogP contribution in [0.3, 0.4) is 0 Å². The molecule has 168 valence electrons. The maximum atomic E-state index is 10.4. The van der Waals surface area contributed by atoms with Crippen LogP contribution in [0.25, 0.3) is 0 Å². The maximum Gasteiger partial charge on any atom is 0.125 e. The predicted molar refractivity (Wildman–Crippen MR) is 125 cm³/mol. The van der Waals surface area contributed by atoms with Gasteiger partial charge in [-0.05, 0) is 66.4 Å². The molecule has 0 aliphatic heterocycles. The first-order valence-electron chi connectivity index (χ1n) is 11.6. The highest BCUT2D eigenvalue weighted by Gasteiger charge is 2.49. The average Bonchev–Trinajstić information content (AvgIpc) is 2.92. The molecule has 0 saturated heterocycles. The third kappa shape index (κ3) is 5.47. The van der Waals surface area contributed by atoms with Crippen molar-refractivity contribution < 1.29 is 15.3 Å². The Kier molecular flexibility index (Phi) is 8.19. The fraction of sp³-hybridized carbons (Fsp3) is 0.704. The monoisotopic (exact) mass is 414 g/mol. The quantitative estimate of drug-likeness (QED) is 0.516. The number of hydrogen-bond acceptors (Lipinski definition) is 3. The number of aliphatic hydroxyl groups excluding tert-OH is 2. The van der Waals surface area contributed by atoms with E-state index >= 15 is 0 Å². The second-order valence-corrected chi connectivity index (χ2v) is 10.2. The highest BCUT2D eigenvalue weighted by molar-refractivity contribution is 5.37. The molecule has 0 radical (unpaired) electrons. The van der Waals surface area contributed by atoms with E-state index in [1.165, 1.54) is 6.42 Å². The average molecular weight is 415 g/mol. The number of hydrogen-bond donors (Lipinski definition) is 3. The number of allylic oxidation sites excluding steroid dienone is 3. The summed E-state index contributed by atoms with van der Waals surface area (Å²) < 4.78 is 0. The topological polar surface area (TPSA) is 60.7 Å². The van der Waals surface area contributed by atoms with E-state index in [9.17, 15) is 15.3 Å². The van der Waals surface area contributed by atoms with Crippen LogP contribution >= 0.6 is 0 Å². The molecule has 0 bridgehead atoms. The smallest absolute Gasteiger partial charge is 0.125 e. The van der Waals surface area contributed by atoms with Gasteiger partial charge in [-0.15, -0.1) is 5.92 Å². The van der Waals surface area contributed by atoms with Crippen LogP contribution in [0.15, 0.2) is 36.0 Å². The molecule has 3 N–H and O–H groups in total. The van der Waals surface area contributed by atoms with Gasteiger partial charge in [0.25, 0.3) is 0 Å². The lowest BCUT2D eigenvalue weighted by Gasteiger charge is -2.41. The molecule has 2 fully saturated rings. The van der Waals surface area contributed by atoms with Gasteiger partial charge in [-0.3, -0.25) is 0 Å². The summed E-state index contributed by atoms with van der Waals surface area (Å²) in [6.45, 7) is 15.0. The lowest BCUT2D eigenvalue weighted by molar-refractivity contribution is 0.0862. The van der Waals surface area contributed by atoms with Crippen molar-refractivity contribution in [2.75, 3.05) is 0 Å². The Bertz CT molecular complexity index is 729. The van der Waals surface area contributed by atoms with Gasteiger partial charge in [0.05, 0.1) is 12.2 Å². The molecule has 0 aromatic rings. The molecule has 0 unspecified atom stereocenters. The molecule has 3 nitrogen and oxygen atoms in total. The predicted octanol–water partition coefficient (Wildman–Crippen LogP) is 5.32. The van der Waals surface area contributed by atoms with Gasteiger partial charge in [-0.25, -0.2) is 0 Å². The second kappa shape index (κ2) is 9.86. The lowest BCUT2D eigenvalue weighted by Crippen LogP contribution is -2.33. The zero-order chi connectivity index (χ0) is 22.6. The Morgan fingerprint density at radius 3 is 2.50 bits per heavy atom. The van der Waals surface area contributed by atoms with Crippen molar-refractivity contribution in [2.24, 2.45) is 16.7 Å². The second-order valence-electron chi connectivity index (χ2n) is 10.2. The molecule has 2 saturated carbocycles. The van der Waals surface area contributed by atoms with Crippen molar-refractivity contribution in [1.29, 1.82) is 0 Å². The fourth-order valence-corrected chi connectivity index (χ4v) is 4.94. The van der Waals surface area contributed by atoms with Gasteiger partial charge in [0, 0.05) is 12.8 Å². The van der Waals surface area contributed by atoms with Gasteiger partial charge in [0.15, 0.2) is 0 Å². The molecule has 0 heterocycles. The van der Waals surface area contributed by atoms with Crippen LogP contribution in [-0.2, 0) is 0 Å². The zero-order valence-corrected chi connectivity index (χ0v) is 19.7. The van der Waals surface area contributed by atoms with Gasteiger partial charge >= 0.3 is 0 Å². The Morgan fingerprint density at radius 2 is 1.87 bits per heavy atom. The Labute approximate surface area is 184 Å². The first kappa shape index (κ1) is 24.9. The van der Waals surface area contributed by atoms with Gasteiger partial charge in [0.2, 0.25) is 0 Å². The van der Waals surface area contributed by atoms with E-state index in [0.717, 1.165) is 30.4 Å². The molecule has 0 aromatic carbocycles. The molecular formula is C27H42O3. The summed E-state index contributed by atoms with van der Waals surface area (Å²) in [6.07, 6.45) is 11.7. The maximum absolute atomic E-state index is 10.4. The summed E-state index contributed by atoms with van der Waals surface area (Å²) in [6, 6.07) is 0. The summed E-state index contributed by atoms with van der Waals surface area (Å²) in [5.74, 6) is 6.81. The summed E-state index contributed by atoms with van der Waals surface area (Å²) >= 11 is 0. The zero-order valence-electron chi connectivity index (χ0n) is 19.7. The molecule has 2 aliphatic rings. The van der Waals surface area contributed by atoms with Crippen molar-refractivity contribution in [3.63, 3.8) is 0 Å². The van der Waals surface area contributed by atoms with E-state index in [2.05, 4.69) is 51.3 Å². The Morgan fingerprint density at radius 1 is 1.20 bits per heavy atom. The molecule has 0 aromatic heterocycles. The minimum Gasteiger partial charge on any atom is -0.393 e. The van der Waals surface area contributed by atoms with Crippen molar-refractivity contribution in [1.82, 2.24) is 0 Å². The van der Waals surface area contributed by atoms with E-state index < -0.39 is 17.8 Å². The van der Waals surface area contributed by atoms with E-state index in [1.807, 2.05) is 19.9 Å². The van der Waals surface area contributed by atoms with Gasteiger partial charge in [-0.2, -0.15) is 0 Å². The Balaban J connectivity index is 2.02. The summed E-state index contributed by atoms with van der Waals surface area (Å²) in [4.78, 5) is 0. The highest BCUT2D eigenvalue weighted by atomic mass is 16.3. The van der Waals surface area contributed by atoms with Crippen LogP contribution in [0.1, 0.15) is 86.0 Å². The SMILES string of the molecule is C=C1/C(=C\C=C\[C@@H]2CC[C@](C)(CCC#CC(O)(CC)CC)C2(C)C)C[C@@H](O)C[C@@H]1O. The normalized spacial score (nSPS) is 33.1. The molecule has 30 heavy (non-hydrogen) atoms. The summed E-state index contributed by atoms with van der Waals surface area (Å²) in [5.41, 5.74) is 1.21. The molecule has 0 spiro atoms. The third-order valence-corrected chi connectivity index (χ3v) is 8.19. The van der Waals surface area contributed by atoms with Gasteiger partial charge in [0.1, 0.15) is 5.60 Å². The molecule has 4 atom stereocenters. The summed E-state index contributed by atoms with van der Waals surface area (Å²) in [5, 5.41) is 30.3. The lowest BCUT2D eigenvalue weighted by atomic mass is 9.63. The molecule has 2 rings (SSSR count). The minimum atomic E-state index is -0.838. The first-order chi connectivity index (χ1) is 14.0. The van der Waals surface area contributed by atoms with E-state index in [1.54, 1.807) is 0 Å². The first-order valence-corrected chi connectivity index (χ1v) is 11.6. The van der Waals surface area contributed by atoms with Crippen LogP contribution < -0.4 is 0 Å². The molecule has 2 aliphatic carbocycles. The van der Waals surface area contributed by atoms with Gasteiger partial charge < -0.3 is 15.3 Å². The standard InChI is InChI=1S/C27H42O3/c1-7-27(30,8-2)16-10-9-15-26(6)17-14-22(25(26,4)5)13-11-12-21-18-23(28)19-24(29)20(21)3/h11-13,22-24,28-30H,3,7-9,14-15,17-19H2,1-2,4-6H3/b13-11+,21-12-/t22-,23-,24+,26+/m1/s1. The largest absolute Gasteiger partial charge is 0.393 e. The molecule has 0 amide bonds. The van der Waals surface area contributed by atoms with Crippen LogP contribution in [0, 0.1) is 28.6 Å². The van der Waals surface area contributed by atoms with E-state index in [-0.39, 0.29) is 10.8 Å². The van der Waals surface area contributed by atoms with Crippen molar-refractivity contribution in [3.05, 3.63) is 36.0 Å². The van der Waals surface area contributed by atoms with Gasteiger partial charge in [-0.1, -0.05) is 65.3 Å². The number of rotatable bonds is 6. The fourth-order valence-electron chi connectivity index (χ4n) is 4.94. The van der Waals surface area contributed by atoms with Crippen LogP contribution in [0.2, 0.25) is 0 Å². The molecular weight excluding hydrogens is 372 g/mol. The third-order valence-electron chi connectivity index (χ3n) is 8.19. The van der Waals surface area contributed by atoms with E-state index in [4.69, 9.17) is 0 Å². The molecule has 3 heteroatoms. The van der Waals surface area contributed by atoms with Crippen LogP contribution in [0.4, 0.5) is 0 Å². The number of aliphatic hydroxyl groups is 3. The Hall–Kier alpha value is -1.34. The van der Waals surface area contributed by atoms with Crippen molar-refractivity contribution >= 4 is 0 Å². The summed E-state index contributed by atoms with van der Waals surface area (Å²) in [7, 11) is 0. The highest BCUT2D eigenvalue weighted by Crippen LogP contribution is 2.58. The minimum absolute atomic E-state index is 0.151. The van der Waals surface area contributed by atoms with Crippen molar-refractivity contribution in [2.45, 2.75) is 104 Å². The van der Waals surface area contributed by atoms with Crippen LogP contribution in [-0.4, -0.2) is 33.1 Å². The van der Waals surface area contributed by atoms with E-state index in [0.29, 0.717) is 31.6 Å².